The molecule has 41 heavy (non-hydrogen) atoms. The Bertz CT molecular complexity index is 1240. The highest BCUT2D eigenvalue weighted by atomic mass is 28.4. The molecule has 0 heterocycles. The Morgan fingerprint density at radius 1 is 0.829 bits per heavy atom. The monoisotopic (exact) mass is 575 g/mol. The van der Waals surface area contributed by atoms with Gasteiger partial charge in [-0.25, -0.2) is 0 Å². The van der Waals surface area contributed by atoms with E-state index in [1.54, 1.807) is 7.11 Å². The lowest BCUT2D eigenvalue weighted by molar-refractivity contribution is 0.0501. The van der Waals surface area contributed by atoms with Gasteiger partial charge in [0.2, 0.25) is 0 Å². The smallest absolute Gasteiger partial charge is 0.258 e. The van der Waals surface area contributed by atoms with Gasteiger partial charge in [0.05, 0.1) is 5.56 Å². The van der Waals surface area contributed by atoms with Gasteiger partial charge in [-0.3, -0.25) is 4.79 Å². The number of nitrogens with one attached hydrogen (secondary N) is 1. The molecule has 3 aromatic rings. The maximum Gasteiger partial charge on any atom is 0.258 e. The average molecular weight is 576 g/mol. The van der Waals surface area contributed by atoms with E-state index in [2.05, 4.69) is 85.0 Å². The molecule has 0 aliphatic rings. The van der Waals surface area contributed by atoms with Gasteiger partial charge in [-0.05, 0) is 95.4 Å². The van der Waals surface area contributed by atoms with Crippen LogP contribution in [0.5, 0.6) is 11.5 Å². The normalized spacial score (nSPS) is 11.8. The van der Waals surface area contributed by atoms with Crippen LogP contribution < -0.4 is 14.5 Å². The highest BCUT2D eigenvalue weighted by Crippen LogP contribution is 2.43. The molecule has 0 spiro atoms. The lowest BCUT2D eigenvalue weighted by atomic mass is 9.94. The van der Waals surface area contributed by atoms with Crippen molar-refractivity contribution in [3.63, 3.8) is 0 Å². The van der Waals surface area contributed by atoms with E-state index in [9.17, 15) is 4.79 Å². The van der Waals surface area contributed by atoms with Gasteiger partial charge in [-0.2, -0.15) is 0 Å². The number of carbonyl (C=O) groups excluding carboxylic acids is 1. The van der Waals surface area contributed by atoms with E-state index in [0.29, 0.717) is 40.9 Å². The standard InChI is InChI=1S/C35H49NO4Si/c1-24(2)41(25(3)4,26(5)6)40-31-19-27(7)32(28(8)20-31)21-30-15-16-34(39-23-38-9)33(22-30)35(37)36-18-17-29-13-11-10-12-14-29/h10-16,19-20,22,24-26H,17-18,21,23H2,1-9H3,(H,36,37). The first-order chi connectivity index (χ1) is 19.5. The summed E-state index contributed by atoms with van der Waals surface area (Å²) in [6.45, 7) is 18.8. The number of carbonyl (C=O) groups is 1. The molecule has 0 saturated carbocycles. The minimum atomic E-state index is -2.04. The van der Waals surface area contributed by atoms with Gasteiger partial charge in [-0.1, -0.05) is 77.9 Å². The maximum absolute atomic E-state index is 13.3. The predicted molar refractivity (Wildman–Crippen MR) is 172 cm³/mol. The lowest BCUT2D eigenvalue weighted by Crippen LogP contribution is -2.50. The third-order valence-electron chi connectivity index (χ3n) is 8.22. The lowest BCUT2D eigenvalue weighted by Gasteiger charge is -2.42. The van der Waals surface area contributed by atoms with Crippen molar-refractivity contribution in [1.82, 2.24) is 5.32 Å². The Morgan fingerprint density at radius 3 is 2.00 bits per heavy atom. The van der Waals surface area contributed by atoms with Crippen LogP contribution in [-0.2, 0) is 17.6 Å². The van der Waals surface area contributed by atoms with E-state index in [0.717, 1.165) is 17.7 Å². The summed E-state index contributed by atoms with van der Waals surface area (Å²) < 4.78 is 17.8. The Kier molecular flexibility index (Phi) is 11.6. The zero-order chi connectivity index (χ0) is 30.2. The van der Waals surface area contributed by atoms with Gasteiger partial charge in [-0.15, -0.1) is 0 Å². The molecule has 1 amide bonds. The molecule has 3 rings (SSSR count). The number of amides is 1. The van der Waals surface area contributed by atoms with E-state index < -0.39 is 8.32 Å². The van der Waals surface area contributed by atoms with Crippen LogP contribution in [0.1, 0.15) is 79.7 Å². The Hall–Kier alpha value is -3.09. The fourth-order valence-electron chi connectivity index (χ4n) is 6.23. The van der Waals surface area contributed by atoms with Gasteiger partial charge >= 0.3 is 0 Å². The molecule has 3 aromatic carbocycles. The fourth-order valence-corrected chi connectivity index (χ4v) is 11.5. The number of hydrogen-bond acceptors (Lipinski definition) is 4. The summed E-state index contributed by atoms with van der Waals surface area (Å²) in [6, 6.07) is 20.4. The molecular formula is C35H49NO4Si. The molecule has 0 bridgehead atoms. The Morgan fingerprint density at radius 2 is 1.44 bits per heavy atom. The first kappa shape index (κ1) is 32.4. The van der Waals surface area contributed by atoms with Gasteiger partial charge in [0.15, 0.2) is 6.79 Å². The van der Waals surface area contributed by atoms with Crippen LogP contribution >= 0.6 is 0 Å². The minimum absolute atomic E-state index is 0.0806. The largest absolute Gasteiger partial charge is 0.543 e. The average Bonchev–Trinajstić information content (AvgIpc) is 2.92. The minimum Gasteiger partial charge on any atom is -0.543 e. The van der Waals surface area contributed by atoms with Crippen molar-refractivity contribution >= 4 is 14.2 Å². The Balaban J connectivity index is 1.84. The molecule has 0 aliphatic carbocycles. The summed E-state index contributed by atoms with van der Waals surface area (Å²) in [5.41, 5.74) is 7.95. The van der Waals surface area contributed by atoms with E-state index in [1.807, 2.05) is 36.4 Å². The van der Waals surface area contributed by atoms with Crippen LogP contribution in [0.25, 0.3) is 0 Å². The van der Waals surface area contributed by atoms with Crippen molar-refractivity contribution in [1.29, 1.82) is 0 Å². The quantitative estimate of drug-likeness (QED) is 0.155. The van der Waals surface area contributed by atoms with E-state index >= 15 is 0 Å². The first-order valence-electron chi connectivity index (χ1n) is 14.8. The van der Waals surface area contributed by atoms with Crippen LogP contribution in [-0.4, -0.2) is 34.7 Å². The van der Waals surface area contributed by atoms with Crippen molar-refractivity contribution in [2.75, 3.05) is 20.4 Å². The second-order valence-electron chi connectivity index (χ2n) is 12.0. The van der Waals surface area contributed by atoms with Crippen molar-refractivity contribution in [2.24, 2.45) is 0 Å². The third kappa shape index (κ3) is 8.01. The van der Waals surface area contributed by atoms with Crippen LogP contribution in [0.2, 0.25) is 16.6 Å². The van der Waals surface area contributed by atoms with Crippen molar-refractivity contribution in [3.05, 3.63) is 94.0 Å². The summed E-state index contributed by atoms with van der Waals surface area (Å²) in [7, 11) is -0.473. The zero-order valence-corrected chi connectivity index (χ0v) is 27.5. The van der Waals surface area contributed by atoms with Crippen LogP contribution in [0.15, 0.2) is 60.7 Å². The molecule has 0 aromatic heterocycles. The molecule has 6 heteroatoms. The molecule has 222 valence electrons. The molecule has 0 saturated heterocycles. The molecule has 0 atom stereocenters. The third-order valence-corrected chi connectivity index (χ3v) is 14.2. The molecule has 0 radical (unpaired) electrons. The summed E-state index contributed by atoms with van der Waals surface area (Å²) in [4.78, 5) is 13.3. The summed E-state index contributed by atoms with van der Waals surface area (Å²) in [6.07, 6.45) is 1.48. The molecule has 0 aliphatic heterocycles. The first-order valence-corrected chi connectivity index (χ1v) is 17.0. The highest BCUT2D eigenvalue weighted by molar-refractivity contribution is 6.78. The van der Waals surface area contributed by atoms with E-state index in [4.69, 9.17) is 13.9 Å². The topological polar surface area (TPSA) is 56.8 Å². The van der Waals surface area contributed by atoms with Gasteiger partial charge in [0, 0.05) is 13.7 Å². The van der Waals surface area contributed by atoms with Crippen molar-refractivity contribution in [3.8, 4) is 11.5 Å². The van der Waals surface area contributed by atoms with Crippen LogP contribution in [0.4, 0.5) is 0 Å². The van der Waals surface area contributed by atoms with Gasteiger partial charge < -0.3 is 19.2 Å². The van der Waals surface area contributed by atoms with Crippen LogP contribution in [0.3, 0.4) is 0 Å². The zero-order valence-electron chi connectivity index (χ0n) is 26.5. The molecule has 0 fully saturated rings. The second-order valence-corrected chi connectivity index (χ2v) is 17.4. The summed E-state index contributed by atoms with van der Waals surface area (Å²) in [5.74, 6) is 1.35. The number of ether oxygens (including phenoxy) is 2. The second kappa shape index (κ2) is 14.7. The van der Waals surface area contributed by atoms with Gasteiger partial charge in [0.25, 0.3) is 14.2 Å². The van der Waals surface area contributed by atoms with E-state index in [1.165, 1.54) is 22.3 Å². The molecule has 0 unspecified atom stereocenters. The SMILES string of the molecule is COCOc1ccc(Cc2c(C)cc(O[Si](C(C)C)(C(C)C)C(C)C)cc2C)cc1C(=O)NCCc1ccccc1. The number of hydrogen-bond donors (Lipinski definition) is 1. The molecular weight excluding hydrogens is 526 g/mol. The number of rotatable bonds is 14. The molecule has 5 nitrogen and oxygen atoms in total. The number of aryl methyl sites for hydroxylation is 2. The fraction of sp³-hybridized carbons (Fsp3) is 0.457. The number of benzene rings is 3. The van der Waals surface area contributed by atoms with Gasteiger partial charge in [0.1, 0.15) is 11.5 Å². The van der Waals surface area contributed by atoms with Crippen molar-refractivity contribution in [2.45, 2.75) is 84.9 Å². The van der Waals surface area contributed by atoms with E-state index in [-0.39, 0.29) is 12.7 Å². The summed E-state index contributed by atoms with van der Waals surface area (Å²) in [5, 5.41) is 3.06. The highest BCUT2D eigenvalue weighted by Gasteiger charge is 2.47. The maximum atomic E-state index is 13.3. The summed E-state index contributed by atoms with van der Waals surface area (Å²) >= 11 is 0. The Labute approximate surface area is 248 Å². The van der Waals surface area contributed by atoms with Crippen molar-refractivity contribution < 1.29 is 18.7 Å². The molecule has 1 N–H and O–H groups in total. The predicted octanol–water partition coefficient (Wildman–Crippen LogP) is 8.40. The number of methoxy groups -OCH3 is 1. The van der Waals surface area contributed by atoms with Crippen LogP contribution in [0, 0.1) is 13.8 Å².